The number of carbonyl (C=O) groups excluding carboxylic acids is 1. The van der Waals surface area contributed by atoms with Gasteiger partial charge in [0, 0.05) is 24.1 Å². The van der Waals surface area contributed by atoms with Crippen molar-refractivity contribution in [3.05, 3.63) is 29.6 Å². The smallest absolute Gasteiger partial charge is 0.308 e. The summed E-state index contributed by atoms with van der Waals surface area (Å²) in [4.78, 5) is 16.9. The SMILES string of the molecule is CCS(=O)(=O)C(CN(C)C)C(=O)c1ccc(C(F)(F)C(F)(F)C(F)(F)C(F)(F)F)cn1. The second-order valence-corrected chi connectivity index (χ2v) is 9.19. The molecule has 1 atom stereocenters. The van der Waals surface area contributed by atoms with Crippen LogP contribution in [0.2, 0.25) is 0 Å². The summed E-state index contributed by atoms with van der Waals surface area (Å²) in [7, 11) is -1.18. The minimum Gasteiger partial charge on any atom is -0.308 e. The maximum absolute atomic E-state index is 13.9. The van der Waals surface area contributed by atoms with E-state index < -0.39 is 61.8 Å². The highest BCUT2D eigenvalue weighted by atomic mass is 32.2. The zero-order chi connectivity index (χ0) is 24.6. The average Bonchev–Trinajstić information content (AvgIpc) is 2.64. The minimum absolute atomic E-state index is 0.00584. The number of rotatable bonds is 9. The van der Waals surface area contributed by atoms with E-state index >= 15 is 0 Å². The van der Waals surface area contributed by atoms with Crippen LogP contribution in [0.4, 0.5) is 39.5 Å². The predicted molar refractivity (Wildman–Crippen MR) is 90.2 cm³/mol. The Hall–Kier alpha value is -1.90. The second kappa shape index (κ2) is 8.56. The molecule has 0 aliphatic rings. The largest absolute Gasteiger partial charge is 0.460 e. The van der Waals surface area contributed by atoms with E-state index in [1.54, 1.807) is 0 Å². The maximum Gasteiger partial charge on any atom is 0.460 e. The second-order valence-electron chi connectivity index (χ2n) is 6.72. The number of Topliss-reactive ketones (excluding diaryl/α,β-unsaturated/α-hetero) is 1. The molecule has 1 heterocycles. The normalized spacial score (nSPS) is 15.3. The Bertz CT molecular complexity index is 898. The first-order valence-electron chi connectivity index (χ1n) is 8.31. The van der Waals surface area contributed by atoms with E-state index in [0.29, 0.717) is 6.07 Å². The molecule has 0 aromatic carbocycles. The summed E-state index contributed by atoms with van der Waals surface area (Å²) in [5, 5.41) is -1.71. The van der Waals surface area contributed by atoms with Crippen molar-refractivity contribution >= 4 is 15.6 Å². The Morgan fingerprint density at radius 1 is 1.00 bits per heavy atom. The molecule has 0 saturated carbocycles. The van der Waals surface area contributed by atoms with Gasteiger partial charge in [-0.1, -0.05) is 6.92 Å². The van der Waals surface area contributed by atoms with Gasteiger partial charge in [-0.15, -0.1) is 0 Å². The van der Waals surface area contributed by atoms with E-state index in [1.165, 1.54) is 25.9 Å². The standard InChI is InChI=1S/C16H17F9N2O3S/c1-4-31(29,30)11(8-27(2)3)12(28)10-6-5-9(7-26-10)13(17,18)14(19,20)15(21,22)16(23,24)25/h5-7,11H,4,8H2,1-3H3. The number of carbonyl (C=O) groups is 1. The van der Waals surface area contributed by atoms with Gasteiger partial charge in [0.15, 0.2) is 9.84 Å². The topological polar surface area (TPSA) is 67.3 Å². The van der Waals surface area contributed by atoms with Gasteiger partial charge in [0.1, 0.15) is 10.9 Å². The summed E-state index contributed by atoms with van der Waals surface area (Å²) in [5.41, 5.74) is -2.81. The van der Waals surface area contributed by atoms with Crippen molar-refractivity contribution in [3.8, 4) is 0 Å². The lowest BCUT2D eigenvalue weighted by Gasteiger charge is -2.33. The van der Waals surface area contributed by atoms with Crippen LogP contribution in [0, 0.1) is 0 Å². The molecular weight excluding hydrogens is 471 g/mol. The van der Waals surface area contributed by atoms with Crippen LogP contribution < -0.4 is 0 Å². The third-order valence-electron chi connectivity index (χ3n) is 4.18. The van der Waals surface area contributed by atoms with Gasteiger partial charge >= 0.3 is 23.9 Å². The Morgan fingerprint density at radius 2 is 1.52 bits per heavy atom. The summed E-state index contributed by atoms with van der Waals surface area (Å²) < 4.78 is 142. The molecule has 0 saturated heterocycles. The molecule has 15 heteroatoms. The predicted octanol–water partition coefficient (Wildman–Crippen LogP) is 3.55. The Labute approximate surface area is 171 Å². The Balaban J connectivity index is 3.38. The van der Waals surface area contributed by atoms with Crippen molar-refractivity contribution in [1.29, 1.82) is 0 Å². The first kappa shape index (κ1) is 27.1. The van der Waals surface area contributed by atoms with Crippen LogP contribution in [0.25, 0.3) is 0 Å². The number of alkyl halides is 9. The number of sulfone groups is 1. The molecule has 0 radical (unpaired) electrons. The fourth-order valence-electron chi connectivity index (χ4n) is 2.34. The summed E-state index contributed by atoms with van der Waals surface area (Å²) in [6.07, 6.45) is -7.16. The van der Waals surface area contributed by atoms with E-state index in [1.807, 2.05) is 0 Å². The lowest BCUT2D eigenvalue weighted by molar-refractivity contribution is -0.399. The van der Waals surface area contributed by atoms with Gasteiger partial charge in [0.2, 0.25) is 5.78 Å². The van der Waals surface area contributed by atoms with Crippen molar-refractivity contribution in [2.75, 3.05) is 26.4 Å². The van der Waals surface area contributed by atoms with Crippen LogP contribution in [0.5, 0.6) is 0 Å². The van der Waals surface area contributed by atoms with Crippen molar-refractivity contribution < 1.29 is 52.7 Å². The molecule has 0 amide bonds. The molecule has 0 spiro atoms. The summed E-state index contributed by atoms with van der Waals surface area (Å²) in [5.74, 6) is -21.7. The molecule has 1 unspecified atom stereocenters. The molecule has 1 aromatic heterocycles. The minimum atomic E-state index is -7.08. The molecule has 0 fully saturated rings. The van der Waals surface area contributed by atoms with Crippen molar-refractivity contribution in [2.45, 2.75) is 36.1 Å². The number of aromatic nitrogens is 1. The van der Waals surface area contributed by atoms with Gasteiger partial charge in [-0.3, -0.25) is 9.78 Å². The van der Waals surface area contributed by atoms with E-state index in [9.17, 15) is 52.7 Å². The third-order valence-corrected chi connectivity index (χ3v) is 6.22. The molecule has 31 heavy (non-hydrogen) atoms. The maximum atomic E-state index is 13.9. The van der Waals surface area contributed by atoms with Crippen LogP contribution in [0.3, 0.4) is 0 Å². The average molecular weight is 488 g/mol. The summed E-state index contributed by atoms with van der Waals surface area (Å²) >= 11 is 0. The summed E-state index contributed by atoms with van der Waals surface area (Å²) in [6, 6.07) is 0.354. The number of nitrogens with zero attached hydrogens (tertiary/aromatic N) is 2. The van der Waals surface area contributed by atoms with E-state index in [2.05, 4.69) is 4.98 Å². The monoisotopic (exact) mass is 488 g/mol. The van der Waals surface area contributed by atoms with Crippen LogP contribution in [-0.2, 0) is 15.8 Å². The Kier molecular flexibility index (Phi) is 7.49. The number of hydrogen-bond donors (Lipinski definition) is 0. The first-order chi connectivity index (χ1) is 13.7. The highest BCUT2D eigenvalue weighted by molar-refractivity contribution is 7.92. The van der Waals surface area contributed by atoms with Gasteiger partial charge in [0.25, 0.3) is 0 Å². The number of halogens is 9. The number of ketones is 1. The fraction of sp³-hybridized carbons (Fsp3) is 0.625. The molecule has 0 aliphatic carbocycles. The molecule has 1 aromatic rings. The zero-order valence-electron chi connectivity index (χ0n) is 16.2. The van der Waals surface area contributed by atoms with Gasteiger partial charge in [0.05, 0.1) is 0 Å². The van der Waals surface area contributed by atoms with Crippen molar-refractivity contribution in [3.63, 3.8) is 0 Å². The quantitative estimate of drug-likeness (QED) is 0.393. The van der Waals surface area contributed by atoms with E-state index in [0.717, 1.165) is 0 Å². The van der Waals surface area contributed by atoms with Crippen LogP contribution in [-0.4, -0.2) is 73.7 Å². The molecular formula is C16H17F9N2O3S. The van der Waals surface area contributed by atoms with Crippen LogP contribution in [0.1, 0.15) is 23.0 Å². The van der Waals surface area contributed by atoms with Crippen molar-refractivity contribution in [2.24, 2.45) is 0 Å². The highest BCUT2D eigenvalue weighted by Crippen LogP contribution is 2.56. The molecule has 0 N–H and O–H groups in total. The molecule has 1 rings (SSSR count). The molecule has 0 aliphatic heterocycles. The zero-order valence-corrected chi connectivity index (χ0v) is 17.0. The van der Waals surface area contributed by atoms with Crippen LogP contribution >= 0.6 is 0 Å². The number of hydrogen-bond acceptors (Lipinski definition) is 5. The van der Waals surface area contributed by atoms with E-state index in [4.69, 9.17) is 0 Å². The van der Waals surface area contributed by atoms with E-state index in [-0.39, 0.29) is 18.8 Å². The van der Waals surface area contributed by atoms with Gasteiger partial charge in [-0.2, -0.15) is 39.5 Å². The lowest BCUT2D eigenvalue weighted by atomic mass is 9.97. The molecule has 178 valence electrons. The summed E-state index contributed by atoms with van der Waals surface area (Å²) in [6.45, 7) is 0.885. The molecule has 0 bridgehead atoms. The fourth-order valence-corrected chi connectivity index (χ4v) is 3.71. The van der Waals surface area contributed by atoms with Gasteiger partial charge in [-0.25, -0.2) is 8.42 Å². The lowest BCUT2D eigenvalue weighted by Crippen LogP contribution is -2.59. The van der Waals surface area contributed by atoms with Gasteiger partial charge in [-0.05, 0) is 26.2 Å². The van der Waals surface area contributed by atoms with Crippen LogP contribution in [0.15, 0.2) is 18.3 Å². The van der Waals surface area contributed by atoms with Crippen molar-refractivity contribution in [1.82, 2.24) is 9.88 Å². The molecule has 5 nitrogen and oxygen atoms in total. The third kappa shape index (κ3) is 4.96. The Morgan fingerprint density at radius 3 is 1.87 bits per heavy atom. The highest BCUT2D eigenvalue weighted by Gasteiger charge is 2.82. The number of pyridine rings is 1. The first-order valence-corrected chi connectivity index (χ1v) is 10.0. The van der Waals surface area contributed by atoms with Gasteiger partial charge < -0.3 is 4.90 Å².